The molecule has 0 saturated carbocycles. The van der Waals surface area contributed by atoms with Crippen LogP contribution in [0.15, 0.2) is 30.3 Å². The van der Waals surface area contributed by atoms with Crippen molar-refractivity contribution in [1.82, 2.24) is 5.32 Å². The van der Waals surface area contributed by atoms with Gasteiger partial charge in [-0.1, -0.05) is 30.3 Å². The number of rotatable bonds is 6. The predicted octanol–water partition coefficient (Wildman–Crippen LogP) is 2.57. The third-order valence-electron chi connectivity index (χ3n) is 3.34. The third-order valence-corrected chi connectivity index (χ3v) is 3.34. The molecule has 0 fully saturated rings. The fourth-order valence-electron chi connectivity index (χ4n) is 1.93. The van der Waals surface area contributed by atoms with Gasteiger partial charge in [-0.15, -0.1) is 0 Å². The number of carbonyl (C=O) groups excluding carboxylic acids is 2. The first-order chi connectivity index (χ1) is 13.3. The van der Waals surface area contributed by atoms with Crippen molar-refractivity contribution in [3.05, 3.63) is 65.0 Å². The van der Waals surface area contributed by atoms with Crippen LogP contribution in [-0.4, -0.2) is 29.8 Å². The number of ether oxygens (including phenoxy) is 2. The van der Waals surface area contributed by atoms with Crippen molar-refractivity contribution in [3.63, 3.8) is 0 Å². The summed E-state index contributed by atoms with van der Waals surface area (Å²) in [5.74, 6) is -15.4. The fraction of sp³-hybridized carbons (Fsp3) is 0.176. The van der Waals surface area contributed by atoms with Crippen molar-refractivity contribution in [2.45, 2.75) is 12.6 Å². The molecule has 0 aromatic heterocycles. The Morgan fingerprint density at radius 2 is 1.46 bits per heavy atom. The summed E-state index contributed by atoms with van der Waals surface area (Å²) in [5.41, 5.74) is 0.599. The van der Waals surface area contributed by atoms with Crippen LogP contribution < -0.4 is 10.1 Å². The van der Waals surface area contributed by atoms with Crippen LogP contribution >= 0.6 is 0 Å². The molecule has 0 unspecified atom stereocenters. The van der Waals surface area contributed by atoms with E-state index in [0.717, 1.165) is 0 Å². The van der Waals surface area contributed by atoms with E-state index in [1.807, 2.05) is 5.32 Å². The minimum Gasteiger partial charge on any atom is -0.445 e. The summed E-state index contributed by atoms with van der Waals surface area (Å²) in [7, 11) is 0. The minimum absolute atomic E-state index is 0.197. The molecule has 2 rings (SSSR count). The van der Waals surface area contributed by atoms with Gasteiger partial charge in [0.2, 0.25) is 34.8 Å². The predicted molar refractivity (Wildman–Crippen MR) is 82.5 cm³/mol. The number of aliphatic hydroxyl groups excluding tert-OH is 1. The number of esters is 1. The Morgan fingerprint density at radius 3 is 2.00 bits per heavy atom. The van der Waals surface area contributed by atoms with Gasteiger partial charge in [0.25, 0.3) is 0 Å². The topological polar surface area (TPSA) is 84.9 Å². The molecule has 0 spiro atoms. The Hall–Kier alpha value is -3.21. The van der Waals surface area contributed by atoms with Crippen LogP contribution in [0.2, 0.25) is 0 Å². The summed E-state index contributed by atoms with van der Waals surface area (Å²) in [5, 5.41) is 11.0. The molecule has 0 heterocycles. The highest BCUT2D eigenvalue weighted by Crippen LogP contribution is 2.29. The van der Waals surface area contributed by atoms with E-state index in [2.05, 4.69) is 4.74 Å². The van der Waals surface area contributed by atoms with Crippen molar-refractivity contribution >= 4 is 12.1 Å². The Labute approximate surface area is 154 Å². The number of hydrogen-bond acceptors (Lipinski definition) is 5. The zero-order chi connectivity index (χ0) is 20.8. The molecule has 1 amide bonds. The van der Waals surface area contributed by atoms with Gasteiger partial charge in [0.15, 0.2) is 6.04 Å². The van der Waals surface area contributed by atoms with E-state index in [0.29, 0.717) is 5.56 Å². The molecule has 6 nitrogen and oxygen atoms in total. The molecule has 28 heavy (non-hydrogen) atoms. The molecule has 2 aromatic carbocycles. The molecule has 150 valence electrons. The van der Waals surface area contributed by atoms with Crippen LogP contribution in [0.4, 0.5) is 26.7 Å². The maximum Gasteiger partial charge on any atom is 0.408 e. The minimum atomic E-state index is -2.43. The van der Waals surface area contributed by atoms with Gasteiger partial charge in [-0.2, -0.15) is 8.78 Å². The van der Waals surface area contributed by atoms with Gasteiger partial charge in [-0.3, -0.25) is 0 Å². The first-order valence-corrected chi connectivity index (χ1v) is 7.57. The van der Waals surface area contributed by atoms with Gasteiger partial charge >= 0.3 is 12.1 Å². The number of hydrogen-bond donors (Lipinski definition) is 2. The molecular weight excluding hydrogens is 393 g/mol. The summed E-state index contributed by atoms with van der Waals surface area (Å²) in [4.78, 5) is 23.5. The highest BCUT2D eigenvalue weighted by atomic mass is 19.2. The van der Waals surface area contributed by atoms with Gasteiger partial charge in [-0.05, 0) is 5.56 Å². The number of benzene rings is 2. The first-order valence-electron chi connectivity index (χ1n) is 7.57. The summed E-state index contributed by atoms with van der Waals surface area (Å²) in [6, 6.07) is 6.45. The average molecular weight is 405 g/mol. The maximum absolute atomic E-state index is 13.5. The van der Waals surface area contributed by atoms with Crippen LogP contribution in [0.25, 0.3) is 0 Å². The van der Waals surface area contributed by atoms with Gasteiger partial charge in [-0.25, -0.2) is 22.8 Å². The SMILES string of the molecule is O=C(N[C@@H](CO)C(=O)Oc1c(F)c(F)c(F)c(F)c1F)OCc1ccccc1. The van der Waals surface area contributed by atoms with Gasteiger partial charge in [0.1, 0.15) is 6.61 Å². The van der Waals surface area contributed by atoms with Gasteiger partial charge in [0.05, 0.1) is 6.61 Å². The van der Waals surface area contributed by atoms with E-state index in [9.17, 15) is 31.5 Å². The summed E-state index contributed by atoms with van der Waals surface area (Å²) in [6.45, 7) is -1.30. The largest absolute Gasteiger partial charge is 0.445 e. The van der Waals surface area contributed by atoms with Crippen LogP contribution in [0, 0.1) is 29.1 Å². The lowest BCUT2D eigenvalue weighted by Gasteiger charge is -2.16. The average Bonchev–Trinajstić information content (AvgIpc) is 2.71. The smallest absolute Gasteiger partial charge is 0.408 e. The second kappa shape index (κ2) is 9.13. The number of carbonyl (C=O) groups is 2. The Bertz CT molecular complexity index is 849. The molecule has 0 bridgehead atoms. The van der Waals surface area contributed by atoms with Crippen molar-refractivity contribution in [3.8, 4) is 5.75 Å². The molecule has 0 saturated heterocycles. The quantitative estimate of drug-likeness (QED) is 0.254. The number of aliphatic hydroxyl groups is 1. The lowest BCUT2D eigenvalue weighted by atomic mass is 10.2. The summed E-state index contributed by atoms with van der Waals surface area (Å²) in [6.07, 6.45) is -1.20. The Balaban J connectivity index is 2.05. The molecule has 2 N–H and O–H groups in total. The standard InChI is InChI=1S/C17H12F5NO5/c18-10-11(19)13(21)15(14(22)12(10)20)28-16(25)9(6-24)23-17(26)27-7-8-4-2-1-3-5-8/h1-5,9,24H,6-7H2,(H,23,26)/t9-/m0/s1. The number of halogens is 5. The van der Waals surface area contributed by atoms with Crippen molar-refractivity contribution in [1.29, 1.82) is 0 Å². The summed E-state index contributed by atoms with van der Waals surface area (Å²) >= 11 is 0. The molecule has 0 aliphatic rings. The van der Waals surface area contributed by atoms with Crippen LogP contribution in [0.1, 0.15) is 5.56 Å². The molecule has 11 heteroatoms. The second-order valence-electron chi connectivity index (χ2n) is 5.26. The van der Waals surface area contributed by atoms with Crippen molar-refractivity contribution in [2.75, 3.05) is 6.61 Å². The zero-order valence-electron chi connectivity index (χ0n) is 13.8. The molecule has 0 aliphatic heterocycles. The van der Waals surface area contributed by atoms with E-state index in [4.69, 9.17) is 9.84 Å². The molecule has 0 aliphatic carbocycles. The zero-order valence-corrected chi connectivity index (χ0v) is 13.8. The van der Waals surface area contributed by atoms with Gasteiger partial charge in [0, 0.05) is 0 Å². The first kappa shape index (κ1) is 21.1. The highest BCUT2D eigenvalue weighted by molar-refractivity contribution is 5.83. The number of alkyl carbamates (subject to hydrolysis) is 1. The van der Waals surface area contributed by atoms with Crippen molar-refractivity contribution < 1.29 is 46.1 Å². The second-order valence-corrected chi connectivity index (χ2v) is 5.26. The van der Waals surface area contributed by atoms with E-state index in [-0.39, 0.29) is 6.61 Å². The fourth-order valence-corrected chi connectivity index (χ4v) is 1.93. The van der Waals surface area contributed by atoms with Crippen LogP contribution in [0.5, 0.6) is 5.75 Å². The Kier molecular flexibility index (Phi) is 6.88. The van der Waals surface area contributed by atoms with Crippen LogP contribution in [-0.2, 0) is 16.1 Å². The molecule has 2 aromatic rings. The number of nitrogens with one attached hydrogen (secondary N) is 1. The molecular formula is C17H12F5NO5. The van der Waals surface area contributed by atoms with E-state index < -0.39 is 59.5 Å². The van der Waals surface area contributed by atoms with E-state index in [1.165, 1.54) is 0 Å². The van der Waals surface area contributed by atoms with Gasteiger partial charge < -0.3 is 19.9 Å². The van der Waals surface area contributed by atoms with E-state index in [1.54, 1.807) is 30.3 Å². The highest BCUT2D eigenvalue weighted by Gasteiger charge is 2.31. The third kappa shape index (κ3) is 4.74. The molecule has 0 radical (unpaired) electrons. The van der Waals surface area contributed by atoms with E-state index >= 15 is 0 Å². The lowest BCUT2D eigenvalue weighted by Crippen LogP contribution is -2.45. The monoisotopic (exact) mass is 405 g/mol. The van der Waals surface area contributed by atoms with Crippen molar-refractivity contribution in [2.24, 2.45) is 0 Å². The molecule has 1 atom stereocenters. The normalized spacial score (nSPS) is 11.6. The lowest BCUT2D eigenvalue weighted by molar-refractivity contribution is -0.138. The number of amides is 1. The van der Waals surface area contributed by atoms with Crippen LogP contribution in [0.3, 0.4) is 0 Å². The summed E-state index contributed by atoms with van der Waals surface area (Å²) < 4.78 is 75.2. The Morgan fingerprint density at radius 1 is 0.929 bits per heavy atom. The maximum atomic E-state index is 13.5.